The second-order valence-electron chi connectivity index (χ2n) is 12.9. The summed E-state index contributed by atoms with van der Waals surface area (Å²) in [6.07, 6.45) is -2.82. The number of imidazole rings is 1. The first-order valence-electron chi connectivity index (χ1n) is 15.0. The van der Waals surface area contributed by atoms with Gasteiger partial charge in [-0.25, -0.2) is 10.1 Å². The molecule has 15 nitrogen and oxygen atoms in total. The Kier molecular flexibility index (Phi) is 9.79. The van der Waals surface area contributed by atoms with Gasteiger partial charge in [0.05, 0.1) is 26.7 Å². The van der Waals surface area contributed by atoms with Gasteiger partial charge >= 0.3 is 13.5 Å². The molecule has 0 amide bonds. The number of esters is 1. The van der Waals surface area contributed by atoms with Crippen molar-refractivity contribution < 1.29 is 43.0 Å². The highest BCUT2D eigenvalue weighted by atomic mass is 31.2. The first-order valence-corrected chi connectivity index (χ1v) is 16.8. The molecule has 1 fully saturated rings. The monoisotopic (exact) mass is 672 g/mol. The van der Waals surface area contributed by atoms with Gasteiger partial charge in [0.25, 0.3) is 0 Å². The van der Waals surface area contributed by atoms with Crippen LogP contribution in [0.1, 0.15) is 40.8 Å². The van der Waals surface area contributed by atoms with Gasteiger partial charge in [-0.3, -0.25) is 13.9 Å². The molecule has 2 unspecified atom stereocenters. The molecule has 16 heteroatoms. The fourth-order valence-electron chi connectivity index (χ4n) is 5.17. The van der Waals surface area contributed by atoms with Gasteiger partial charge in [-0.2, -0.15) is 9.97 Å². The number of aliphatic hydroxyl groups is 2. The normalized spacial score (nSPS) is 23.4. The number of benzene rings is 2. The van der Waals surface area contributed by atoms with Crippen LogP contribution in [0.15, 0.2) is 48.8 Å². The maximum atomic E-state index is 14.3. The van der Waals surface area contributed by atoms with E-state index in [4.69, 9.17) is 29.2 Å². The van der Waals surface area contributed by atoms with E-state index in [0.717, 1.165) is 5.39 Å². The van der Waals surface area contributed by atoms with E-state index in [9.17, 15) is 19.6 Å². The fourth-order valence-corrected chi connectivity index (χ4v) is 6.87. The van der Waals surface area contributed by atoms with Crippen molar-refractivity contribution in [3.63, 3.8) is 0 Å². The van der Waals surface area contributed by atoms with Crippen LogP contribution in [0, 0.1) is 5.41 Å². The maximum Gasteiger partial charge on any atom is 0.342 e. The highest BCUT2D eigenvalue weighted by Crippen LogP contribution is 2.46. The molecular weight excluding hydrogens is 631 g/mol. The molecule has 3 heterocycles. The van der Waals surface area contributed by atoms with E-state index in [1.165, 1.54) is 31.9 Å². The number of methoxy groups -OCH3 is 1. The number of nitrogen functional groups attached to an aromatic ring is 1. The van der Waals surface area contributed by atoms with Crippen molar-refractivity contribution in [2.24, 2.45) is 5.41 Å². The van der Waals surface area contributed by atoms with Crippen molar-refractivity contribution in [3.05, 3.63) is 48.8 Å². The lowest BCUT2D eigenvalue weighted by atomic mass is 9.96. The van der Waals surface area contributed by atoms with E-state index >= 15 is 0 Å². The Hall–Kier alpha value is -3.85. The number of aromatic nitrogens is 4. The number of hydrogen-bond donors (Lipinski definition) is 4. The number of anilines is 1. The zero-order chi connectivity index (χ0) is 34.1. The topological polar surface area (TPSA) is 202 Å². The summed E-state index contributed by atoms with van der Waals surface area (Å²) in [6, 6.07) is 11.7. The number of nitrogens with zero attached hydrogens (tertiary/aromatic N) is 4. The quantitative estimate of drug-likeness (QED) is 0.126. The number of ether oxygens (including phenoxy) is 4. The lowest BCUT2D eigenvalue weighted by Gasteiger charge is -2.27. The molecule has 6 atom stereocenters. The summed E-state index contributed by atoms with van der Waals surface area (Å²) in [7, 11) is -2.56. The molecule has 5 N–H and O–H groups in total. The van der Waals surface area contributed by atoms with Crippen molar-refractivity contribution >= 4 is 41.4 Å². The van der Waals surface area contributed by atoms with Gasteiger partial charge in [0.2, 0.25) is 11.8 Å². The molecule has 5 rings (SSSR count). The Morgan fingerprint density at radius 1 is 1.21 bits per heavy atom. The fraction of sp³-hybridized carbons (Fsp3) is 0.484. The lowest BCUT2D eigenvalue weighted by molar-refractivity contribution is -0.148. The van der Waals surface area contributed by atoms with E-state index in [0.29, 0.717) is 11.1 Å². The third-order valence-corrected chi connectivity index (χ3v) is 9.33. The van der Waals surface area contributed by atoms with Crippen LogP contribution in [0.5, 0.6) is 11.6 Å². The molecule has 0 spiro atoms. The predicted molar refractivity (Wildman–Crippen MR) is 173 cm³/mol. The van der Waals surface area contributed by atoms with E-state index in [2.05, 4.69) is 20.0 Å². The molecule has 1 aliphatic heterocycles. The second kappa shape index (κ2) is 13.3. The molecule has 2 aromatic carbocycles. The summed E-state index contributed by atoms with van der Waals surface area (Å²) >= 11 is 0. The largest absolute Gasteiger partial charge is 0.479 e. The van der Waals surface area contributed by atoms with Gasteiger partial charge in [-0.15, -0.1) is 0 Å². The standard InChI is InChI=1S/C31H41N6O9P/c1-18(27(39)44-15-30(2,3)4)36-47(41,46-21-13-9-11-19-10-7-8-12-20(19)21)17-43-14-22-24(38)31(5,40)28(45-22)37-16-33-23-25(37)34-29(32)35-26(23)42-6/h7-13,16,18,22,24,28,38,40H,14-15,17H2,1-6H3,(H,36,41)(H2,32,34,35)/t18-,22+,24+,28?,31+,47?/m0/s1. The van der Waals surface area contributed by atoms with E-state index in [1.807, 2.05) is 51.1 Å². The van der Waals surface area contributed by atoms with Crippen LogP contribution in [0.4, 0.5) is 5.95 Å². The van der Waals surface area contributed by atoms with Crippen LogP contribution in [0.2, 0.25) is 0 Å². The summed E-state index contributed by atoms with van der Waals surface area (Å²) in [5.41, 5.74) is 4.24. The lowest BCUT2D eigenvalue weighted by Crippen LogP contribution is -2.44. The van der Waals surface area contributed by atoms with Crippen LogP contribution in [-0.2, 0) is 23.6 Å². The van der Waals surface area contributed by atoms with Gasteiger partial charge in [-0.05, 0) is 30.7 Å². The predicted octanol–water partition coefficient (Wildman–Crippen LogP) is 3.39. The minimum atomic E-state index is -3.97. The number of carbonyl (C=O) groups is 1. The van der Waals surface area contributed by atoms with Gasteiger partial charge in [-0.1, -0.05) is 57.2 Å². The molecule has 1 aliphatic rings. The van der Waals surface area contributed by atoms with Crippen LogP contribution >= 0.6 is 7.52 Å². The molecule has 47 heavy (non-hydrogen) atoms. The smallest absolute Gasteiger partial charge is 0.342 e. The average Bonchev–Trinajstić information content (AvgIpc) is 3.52. The number of aliphatic hydroxyl groups excluding tert-OH is 1. The first-order chi connectivity index (χ1) is 22.1. The minimum Gasteiger partial charge on any atom is -0.479 e. The highest BCUT2D eigenvalue weighted by Gasteiger charge is 2.53. The Bertz CT molecular complexity index is 1790. The molecule has 254 valence electrons. The van der Waals surface area contributed by atoms with Crippen molar-refractivity contribution in [1.29, 1.82) is 0 Å². The SMILES string of the molecule is COc1nc(N)nc2c1ncn2C1O[C@H](COCP(=O)(N[C@@H](C)C(=O)OCC(C)(C)C)Oc2cccc3ccccc23)[C@@H](O)[C@@]1(C)O. The van der Waals surface area contributed by atoms with E-state index in [-0.39, 0.29) is 41.6 Å². The third kappa shape index (κ3) is 7.51. The van der Waals surface area contributed by atoms with E-state index in [1.54, 1.807) is 12.1 Å². The first kappa shape index (κ1) is 34.5. The number of hydrogen-bond acceptors (Lipinski definition) is 13. The number of nitrogens with one attached hydrogen (secondary N) is 1. The zero-order valence-corrected chi connectivity index (χ0v) is 28.0. The number of fused-ring (bicyclic) bond motifs is 2. The van der Waals surface area contributed by atoms with Gasteiger partial charge < -0.3 is 39.4 Å². The molecule has 1 saturated heterocycles. The molecule has 0 saturated carbocycles. The Balaban J connectivity index is 1.34. The zero-order valence-electron chi connectivity index (χ0n) is 27.1. The van der Waals surface area contributed by atoms with Gasteiger partial charge in [0, 0.05) is 5.39 Å². The highest BCUT2D eigenvalue weighted by molar-refractivity contribution is 7.57. The molecule has 0 bridgehead atoms. The van der Waals surface area contributed by atoms with Crippen molar-refractivity contribution in [2.75, 3.05) is 32.4 Å². The molecule has 0 aliphatic carbocycles. The van der Waals surface area contributed by atoms with Crippen molar-refractivity contribution in [1.82, 2.24) is 24.6 Å². The summed E-state index contributed by atoms with van der Waals surface area (Å²) < 4.78 is 44.4. The Morgan fingerprint density at radius 3 is 2.66 bits per heavy atom. The van der Waals surface area contributed by atoms with Crippen LogP contribution in [0.3, 0.4) is 0 Å². The summed E-state index contributed by atoms with van der Waals surface area (Å²) in [4.78, 5) is 25.3. The molecular formula is C31H41N6O9P. The maximum absolute atomic E-state index is 14.3. The van der Waals surface area contributed by atoms with Crippen LogP contribution in [0.25, 0.3) is 21.9 Å². The van der Waals surface area contributed by atoms with Gasteiger partial charge in [0.1, 0.15) is 35.9 Å². The second-order valence-corrected chi connectivity index (χ2v) is 14.9. The number of nitrogens with two attached hydrogens (primary N) is 1. The minimum absolute atomic E-state index is 0.0832. The average molecular weight is 673 g/mol. The van der Waals surface area contributed by atoms with Crippen molar-refractivity contribution in [2.45, 2.75) is 64.7 Å². The van der Waals surface area contributed by atoms with Crippen LogP contribution in [-0.4, -0.2) is 86.2 Å². The third-order valence-electron chi connectivity index (χ3n) is 7.54. The summed E-state index contributed by atoms with van der Waals surface area (Å²) in [5, 5.41) is 26.8. The summed E-state index contributed by atoms with van der Waals surface area (Å²) in [6.45, 7) is 8.58. The molecule has 2 aromatic heterocycles. The van der Waals surface area contributed by atoms with Crippen LogP contribution < -0.4 is 20.1 Å². The molecule has 4 aromatic rings. The van der Waals surface area contributed by atoms with Gasteiger partial charge in [0.15, 0.2) is 17.4 Å². The molecule has 0 radical (unpaired) electrons. The summed E-state index contributed by atoms with van der Waals surface area (Å²) in [5.74, 6) is -0.235. The Morgan fingerprint density at radius 2 is 1.94 bits per heavy atom. The Labute approximate surface area is 271 Å². The van der Waals surface area contributed by atoms with E-state index < -0.39 is 49.9 Å². The number of rotatable bonds is 12. The number of carbonyl (C=O) groups excluding carboxylic acids is 1. The van der Waals surface area contributed by atoms with Crippen molar-refractivity contribution in [3.8, 4) is 11.6 Å².